The van der Waals surface area contributed by atoms with Gasteiger partial charge in [-0.05, 0) is 85.3 Å². The number of para-hydroxylation sites is 4. The fourth-order valence-corrected chi connectivity index (χ4v) is 8.86. The fourth-order valence-electron chi connectivity index (χ4n) is 8.86. The van der Waals surface area contributed by atoms with Crippen molar-refractivity contribution in [1.29, 1.82) is 0 Å². The van der Waals surface area contributed by atoms with E-state index in [2.05, 4.69) is 178 Å². The average Bonchev–Trinajstić information content (AvgIpc) is 3.93. The van der Waals surface area contributed by atoms with E-state index in [9.17, 15) is 0 Å². The molecule has 0 fully saturated rings. The molecule has 5 heteroatoms. The summed E-state index contributed by atoms with van der Waals surface area (Å²) in [5.41, 5.74) is 12.0. The summed E-state index contributed by atoms with van der Waals surface area (Å²) in [4.78, 5) is 5.04. The summed E-state index contributed by atoms with van der Waals surface area (Å²) in [5.74, 6) is 0.785. The molecule has 53 heavy (non-hydrogen) atoms. The van der Waals surface area contributed by atoms with Crippen molar-refractivity contribution in [2.24, 2.45) is 0 Å². The number of pyridine rings is 1. The lowest BCUT2D eigenvalue weighted by molar-refractivity contribution is 0.663. The second kappa shape index (κ2) is 10.5. The van der Waals surface area contributed by atoms with Gasteiger partial charge in [-0.25, -0.2) is 4.98 Å². The maximum Gasteiger partial charge on any atom is 0.181 e. The van der Waals surface area contributed by atoms with Crippen LogP contribution < -0.4 is 0 Å². The van der Waals surface area contributed by atoms with E-state index in [0.717, 1.165) is 50.2 Å². The van der Waals surface area contributed by atoms with E-state index in [1.807, 2.05) is 6.20 Å². The number of benzene rings is 7. The van der Waals surface area contributed by atoms with Crippen LogP contribution in [0.3, 0.4) is 0 Å². The Morgan fingerprint density at radius 3 is 1.51 bits per heavy atom. The molecule has 12 rings (SSSR count). The second-order valence-electron chi connectivity index (χ2n) is 14.1. The lowest BCUT2D eigenvalue weighted by atomic mass is 10.1. The Kier molecular flexibility index (Phi) is 5.64. The quantitative estimate of drug-likeness (QED) is 0.187. The minimum absolute atomic E-state index is 0.772. The van der Waals surface area contributed by atoms with E-state index in [4.69, 9.17) is 9.40 Å². The Hall–Kier alpha value is -7.11. The molecule has 0 radical (unpaired) electrons. The van der Waals surface area contributed by atoms with Crippen molar-refractivity contribution in [1.82, 2.24) is 18.7 Å². The third-order valence-electron chi connectivity index (χ3n) is 11.1. The lowest BCUT2D eigenvalue weighted by Crippen LogP contribution is -1.98. The first-order chi connectivity index (χ1) is 26.2. The van der Waals surface area contributed by atoms with Crippen LogP contribution in [0.2, 0.25) is 0 Å². The Morgan fingerprint density at radius 1 is 0.396 bits per heavy atom. The van der Waals surface area contributed by atoms with E-state index < -0.39 is 0 Å². The van der Waals surface area contributed by atoms with Crippen LogP contribution in [-0.4, -0.2) is 18.7 Å². The van der Waals surface area contributed by atoms with Crippen LogP contribution in [0.1, 0.15) is 5.56 Å². The third-order valence-corrected chi connectivity index (χ3v) is 11.1. The first-order valence-corrected chi connectivity index (χ1v) is 18.0. The van der Waals surface area contributed by atoms with Gasteiger partial charge in [0.25, 0.3) is 0 Å². The lowest BCUT2D eigenvalue weighted by Gasteiger charge is -2.10. The van der Waals surface area contributed by atoms with Crippen LogP contribution in [0.5, 0.6) is 0 Å². The molecular weight excluding hydrogens is 649 g/mol. The van der Waals surface area contributed by atoms with Gasteiger partial charge in [-0.2, -0.15) is 0 Å². The Bertz CT molecular complexity index is 3370. The molecule has 5 heterocycles. The number of furan rings is 1. The zero-order valence-corrected chi connectivity index (χ0v) is 28.8. The molecule has 248 valence electrons. The van der Waals surface area contributed by atoms with Gasteiger partial charge in [-0.3, -0.25) is 4.57 Å². The van der Waals surface area contributed by atoms with Crippen LogP contribution in [0.4, 0.5) is 0 Å². The predicted molar refractivity (Wildman–Crippen MR) is 219 cm³/mol. The summed E-state index contributed by atoms with van der Waals surface area (Å²) in [6.45, 7) is 2.15. The standard InChI is InChI=1S/C48H30N4O/c1-29-18-21-36-38-27-30(50-40-14-6-2-10-32(40)33-11-3-7-15-41(33)50)19-22-44(38)52(45(36)26-29)48-47-37(24-25-49-48)39-28-31(20-23-46(39)53-47)51-42-16-8-4-12-34(42)35-13-5-9-17-43(35)51/h2-28H,1H3. The zero-order valence-electron chi connectivity index (χ0n) is 28.8. The van der Waals surface area contributed by atoms with Crippen molar-refractivity contribution in [2.75, 3.05) is 0 Å². The highest BCUT2D eigenvalue weighted by atomic mass is 16.3. The van der Waals surface area contributed by atoms with Gasteiger partial charge in [-0.1, -0.05) is 84.9 Å². The summed E-state index contributed by atoms with van der Waals surface area (Å²) in [6, 6.07) is 56.7. The van der Waals surface area contributed by atoms with Gasteiger partial charge in [0, 0.05) is 60.7 Å². The SMILES string of the molecule is Cc1ccc2c3cc(-n4c5ccccc5c5ccccc54)ccc3n(-c3nccc4c3oc3ccc(-n5c6ccccc6c6ccccc65)cc34)c2c1. The van der Waals surface area contributed by atoms with Gasteiger partial charge in [-0.15, -0.1) is 0 Å². The summed E-state index contributed by atoms with van der Waals surface area (Å²) in [7, 11) is 0. The van der Waals surface area contributed by atoms with E-state index in [-0.39, 0.29) is 0 Å². The molecule has 12 aromatic rings. The van der Waals surface area contributed by atoms with E-state index in [1.165, 1.54) is 59.9 Å². The Morgan fingerprint density at radius 2 is 0.906 bits per heavy atom. The molecule has 0 saturated heterocycles. The molecular formula is C48H30N4O. The molecule has 0 bridgehead atoms. The first kappa shape index (κ1) is 28.6. The predicted octanol–water partition coefficient (Wildman–Crippen LogP) is 12.6. The smallest absolute Gasteiger partial charge is 0.181 e. The van der Waals surface area contributed by atoms with Crippen molar-refractivity contribution in [3.8, 4) is 17.2 Å². The van der Waals surface area contributed by atoms with Gasteiger partial charge >= 0.3 is 0 Å². The minimum atomic E-state index is 0.772. The van der Waals surface area contributed by atoms with Crippen molar-refractivity contribution in [3.63, 3.8) is 0 Å². The highest BCUT2D eigenvalue weighted by molar-refractivity contribution is 6.15. The number of aryl methyl sites for hydroxylation is 1. The molecule has 5 nitrogen and oxygen atoms in total. The minimum Gasteiger partial charge on any atom is -0.452 e. The molecule has 0 saturated carbocycles. The number of nitrogens with zero attached hydrogens (tertiary/aromatic N) is 4. The van der Waals surface area contributed by atoms with E-state index in [1.54, 1.807) is 0 Å². The maximum atomic E-state index is 6.77. The van der Waals surface area contributed by atoms with Crippen LogP contribution in [0.25, 0.3) is 105 Å². The van der Waals surface area contributed by atoms with Gasteiger partial charge < -0.3 is 13.6 Å². The summed E-state index contributed by atoms with van der Waals surface area (Å²) >= 11 is 0. The maximum absolute atomic E-state index is 6.77. The third kappa shape index (κ3) is 3.88. The topological polar surface area (TPSA) is 40.8 Å². The van der Waals surface area contributed by atoms with Gasteiger partial charge in [0.05, 0.1) is 33.1 Å². The monoisotopic (exact) mass is 678 g/mol. The molecule has 0 aliphatic rings. The number of rotatable bonds is 3. The second-order valence-corrected chi connectivity index (χ2v) is 14.1. The zero-order chi connectivity index (χ0) is 34.8. The highest BCUT2D eigenvalue weighted by Gasteiger charge is 2.21. The molecule has 0 spiro atoms. The Balaban J connectivity index is 1.10. The number of hydrogen-bond acceptors (Lipinski definition) is 2. The molecule has 7 aromatic carbocycles. The number of fused-ring (bicyclic) bond motifs is 12. The molecule has 0 atom stereocenters. The molecule has 0 unspecified atom stereocenters. The van der Waals surface area contributed by atoms with E-state index in [0.29, 0.717) is 0 Å². The largest absolute Gasteiger partial charge is 0.452 e. The average molecular weight is 679 g/mol. The van der Waals surface area contributed by atoms with Crippen molar-refractivity contribution >= 4 is 87.4 Å². The normalized spacial score (nSPS) is 12.2. The molecule has 0 amide bonds. The number of aromatic nitrogens is 4. The van der Waals surface area contributed by atoms with E-state index >= 15 is 0 Å². The Labute approximate surface area is 303 Å². The summed E-state index contributed by atoms with van der Waals surface area (Å²) in [5, 5.41) is 9.45. The van der Waals surface area contributed by atoms with Crippen molar-refractivity contribution < 1.29 is 4.42 Å². The van der Waals surface area contributed by atoms with Gasteiger partial charge in [0.1, 0.15) is 5.58 Å². The van der Waals surface area contributed by atoms with Crippen LogP contribution in [0, 0.1) is 6.92 Å². The van der Waals surface area contributed by atoms with Crippen LogP contribution in [-0.2, 0) is 0 Å². The molecule has 0 aliphatic carbocycles. The molecule has 5 aromatic heterocycles. The highest BCUT2D eigenvalue weighted by Crippen LogP contribution is 2.41. The van der Waals surface area contributed by atoms with Gasteiger partial charge in [0.2, 0.25) is 0 Å². The molecule has 0 aliphatic heterocycles. The first-order valence-electron chi connectivity index (χ1n) is 18.0. The van der Waals surface area contributed by atoms with Gasteiger partial charge in [0.15, 0.2) is 11.4 Å². The number of hydrogen-bond donors (Lipinski definition) is 0. The molecule has 0 N–H and O–H groups in total. The fraction of sp³-hybridized carbons (Fsp3) is 0.0208. The van der Waals surface area contributed by atoms with Crippen LogP contribution >= 0.6 is 0 Å². The van der Waals surface area contributed by atoms with Crippen molar-refractivity contribution in [2.45, 2.75) is 6.92 Å². The summed E-state index contributed by atoms with van der Waals surface area (Å²) in [6.07, 6.45) is 1.92. The van der Waals surface area contributed by atoms with Crippen molar-refractivity contribution in [3.05, 3.63) is 169 Å². The van der Waals surface area contributed by atoms with Crippen LogP contribution in [0.15, 0.2) is 168 Å². The summed E-state index contributed by atoms with van der Waals surface area (Å²) < 4.78 is 13.8.